The van der Waals surface area contributed by atoms with Crippen LogP contribution in [0, 0.1) is 5.92 Å². The molecular weight excluding hydrogens is 327 g/mol. The first kappa shape index (κ1) is 18.5. The van der Waals surface area contributed by atoms with E-state index < -0.39 is 18.4 Å². The van der Waals surface area contributed by atoms with Gasteiger partial charge in [0.2, 0.25) is 0 Å². The smallest absolute Gasteiger partial charge is 0.406 e. The van der Waals surface area contributed by atoms with Crippen LogP contribution in [-0.4, -0.2) is 43.2 Å². The Bertz CT molecular complexity index is 527. The molecule has 0 aliphatic carbocycles. The average Bonchev–Trinajstić information content (AvgIpc) is 2.54. The summed E-state index contributed by atoms with van der Waals surface area (Å²) in [7, 11) is 0. The Morgan fingerprint density at radius 3 is 2.50 bits per heavy atom. The molecule has 1 saturated heterocycles. The third kappa shape index (κ3) is 6.01. The quantitative estimate of drug-likeness (QED) is 0.830. The molecule has 1 aromatic rings. The summed E-state index contributed by atoms with van der Waals surface area (Å²) < 4.78 is 45.2. The molecule has 1 aromatic carbocycles. The molecule has 134 valence electrons. The van der Waals surface area contributed by atoms with Gasteiger partial charge in [0.25, 0.3) is 5.91 Å². The standard InChI is InChI=1S/C16H20F3NO4/c17-16(18,19)24-13-3-1-12(2-4-13)15(22)20-8-5-14(21)11-6-9-23-10-7-11/h1-4,11,14,21H,5-10H2,(H,20,22)/t14-/m0/s1. The van der Waals surface area contributed by atoms with Gasteiger partial charge in [0, 0.05) is 25.3 Å². The molecule has 1 amide bonds. The number of amides is 1. The summed E-state index contributed by atoms with van der Waals surface area (Å²) in [6.45, 7) is 1.57. The molecule has 24 heavy (non-hydrogen) atoms. The van der Waals surface area contributed by atoms with Crippen LogP contribution in [0.2, 0.25) is 0 Å². The average molecular weight is 347 g/mol. The highest BCUT2D eigenvalue weighted by Gasteiger charge is 2.31. The minimum Gasteiger partial charge on any atom is -0.406 e. The van der Waals surface area contributed by atoms with Gasteiger partial charge in [0.05, 0.1) is 6.10 Å². The SMILES string of the molecule is O=C(NCC[C@H](O)C1CCOCC1)c1ccc(OC(F)(F)F)cc1. The summed E-state index contributed by atoms with van der Waals surface area (Å²) in [5, 5.41) is 12.7. The Balaban J connectivity index is 1.75. The van der Waals surface area contributed by atoms with Gasteiger partial charge in [-0.2, -0.15) is 0 Å². The molecule has 0 unspecified atom stereocenters. The number of rotatable bonds is 6. The Hall–Kier alpha value is -1.80. The lowest BCUT2D eigenvalue weighted by Gasteiger charge is -2.26. The fourth-order valence-corrected chi connectivity index (χ4v) is 2.58. The van der Waals surface area contributed by atoms with E-state index >= 15 is 0 Å². The first-order chi connectivity index (χ1) is 11.3. The molecule has 0 spiro atoms. The molecule has 2 N–H and O–H groups in total. The molecule has 1 aliphatic heterocycles. The van der Waals surface area contributed by atoms with Gasteiger partial charge < -0.3 is 19.9 Å². The fourth-order valence-electron chi connectivity index (χ4n) is 2.58. The largest absolute Gasteiger partial charge is 0.573 e. The van der Waals surface area contributed by atoms with Gasteiger partial charge in [-0.05, 0) is 49.4 Å². The van der Waals surface area contributed by atoms with Crippen LogP contribution in [0.5, 0.6) is 5.75 Å². The van der Waals surface area contributed by atoms with Gasteiger partial charge in [-0.25, -0.2) is 0 Å². The van der Waals surface area contributed by atoms with Crippen molar-refractivity contribution in [1.29, 1.82) is 0 Å². The summed E-state index contributed by atoms with van der Waals surface area (Å²) in [4.78, 5) is 11.9. The highest BCUT2D eigenvalue weighted by molar-refractivity contribution is 5.94. The third-order valence-corrected chi connectivity index (χ3v) is 3.89. The second-order valence-electron chi connectivity index (χ2n) is 5.63. The van der Waals surface area contributed by atoms with Crippen LogP contribution in [-0.2, 0) is 4.74 Å². The van der Waals surface area contributed by atoms with Gasteiger partial charge >= 0.3 is 6.36 Å². The number of alkyl halides is 3. The fraction of sp³-hybridized carbons (Fsp3) is 0.562. The van der Waals surface area contributed by atoms with E-state index in [1.807, 2.05) is 0 Å². The molecule has 8 heteroatoms. The van der Waals surface area contributed by atoms with Crippen LogP contribution in [0.3, 0.4) is 0 Å². The van der Waals surface area contributed by atoms with Crippen molar-refractivity contribution in [2.24, 2.45) is 5.92 Å². The number of carbonyl (C=O) groups excluding carboxylic acids is 1. The molecule has 0 bridgehead atoms. The van der Waals surface area contributed by atoms with Gasteiger partial charge in [0.1, 0.15) is 5.75 Å². The lowest BCUT2D eigenvalue weighted by atomic mass is 9.92. The number of carbonyl (C=O) groups is 1. The zero-order valence-electron chi connectivity index (χ0n) is 13.0. The minimum absolute atomic E-state index is 0.175. The van der Waals surface area contributed by atoms with Crippen molar-refractivity contribution in [3.05, 3.63) is 29.8 Å². The summed E-state index contributed by atoms with van der Waals surface area (Å²) in [5.41, 5.74) is 0.227. The molecule has 1 atom stereocenters. The van der Waals surface area contributed by atoms with Crippen LogP contribution in [0.4, 0.5) is 13.2 Å². The first-order valence-corrected chi connectivity index (χ1v) is 7.75. The van der Waals surface area contributed by atoms with Gasteiger partial charge in [-0.1, -0.05) is 0 Å². The number of ether oxygens (including phenoxy) is 2. The van der Waals surface area contributed by atoms with Crippen LogP contribution in [0.15, 0.2) is 24.3 Å². The molecule has 5 nitrogen and oxygen atoms in total. The van der Waals surface area contributed by atoms with Crippen LogP contribution in [0.1, 0.15) is 29.6 Å². The zero-order valence-corrected chi connectivity index (χ0v) is 13.0. The Labute approximate surface area is 137 Å². The van der Waals surface area contributed by atoms with E-state index in [-0.39, 0.29) is 23.8 Å². The first-order valence-electron chi connectivity index (χ1n) is 7.75. The third-order valence-electron chi connectivity index (χ3n) is 3.89. The van der Waals surface area contributed by atoms with Crippen LogP contribution < -0.4 is 10.1 Å². The predicted molar refractivity (Wildman–Crippen MR) is 79.6 cm³/mol. The Morgan fingerprint density at radius 2 is 1.92 bits per heavy atom. The lowest BCUT2D eigenvalue weighted by molar-refractivity contribution is -0.274. The van der Waals surface area contributed by atoms with E-state index in [1.165, 1.54) is 12.1 Å². The molecule has 0 radical (unpaired) electrons. The van der Waals surface area contributed by atoms with Crippen molar-refractivity contribution >= 4 is 5.91 Å². The summed E-state index contributed by atoms with van der Waals surface area (Å²) in [5.74, 6) is -0.615. The normalized spacial score (nSPS) is 17.3. The van der Waals surface area contributed by atoms with E-state index in [1.54, 1.807) is 0 Å². The molecule has 1 heterocycles. The Morgan fingerprint density at radius 1 is 1.29 bits per heavy atom. The monoisotopic (exact) mass is 347 g/mol. The van der Waals surface area contributed by atoms with E-state index in [9.17, 15) is 23.1 Å². The maximum absolute atomic E-state index is 12.1. The second kappa shape index (κ2) is 8.34. The van der Waals surface area contributed by atoms with Crippen molar-refractivity contribution in [2.75, 3.05) is 19.8 Å². The second-order valence-corrected chi connectivity index (χ2v) is 5.63. The van der Waals surface area contributed by atoms with Gasteiger partial charge in [-0.15, -0.1) is 13.2 Å². The number of aliphatic hydroxyl groups excluding tert-OH is 1. The number of hydrogen-bond acceptors (Lipinski definition) is 4. The van der Waals surface area contributed by atoms with Crippen molar-refractivity contribution < 1.29 is 32.5 Å². The number of nitrogens with one attached hydrogen (secondary N) is 1. The minimum atomic E-state index is -4.76. The van der Waals surface area contributed by atoms with Crippen molar-refractivity contribution in [3.63, 3.8) is 0 Å². The Kier molecular flexibility index (Phi) is 6.44. The predicted octanol–water partition coefficient (Wildman–Crippen LogP) is 2.49. The number of hydrogen-bond donors (Lipinski definition) is 2. The topological polar surface area (TPSA) is 67.8 Å². The molecule has 1 fully saturated rings. The van der Waals surface area contributed by atoms with Gasteiger partial charge in [0.15, 0.2) is 0 Å². The maximum Gasteiger partial charge on any atom is 0.573 e. The van der Waals surface area contributed by atoms with Crippen LogP contribution >= 0.6 is 0 Å². The highest BCUT2D eigenvalue weighted by Crippen LogP contribution is 2.23. The lowest BCUT2D eigenvalue weighted by Crippen LogP contribution is -2.32. The summed E-state index contributed by atoms with van der Waals surface area (Å²) in [6.07, 6.45) is -3.24. The molecule has 1 aliphatic rings. The van der Waals surface area contributed by atoms with Crippen LogP contribution in [0.25, 0.3) is 0 Å². The number of benzene rings is 1. The van der Waals surface area contributed by atoms with E-state index in [0.29, 0.717) is 19.6 Å². The molecule has 0 saturated carbocycles. The van der Waals surface area contributed by atoms with E-state index in [2.05, 4.69) is 10.1 Å². The zero-order chi connectivity index (χ0) is 17.6. The molecule has 2 rings (SSSR count). The highest BCUT2D eigenvalue weighted by atomic mass is 19.4. The summed E-state index contributed by atoms with van der Waals surface area (Å²) in [6, 6.07) is 4.68. The number of halogens is 3. The van der Waals surface area contributed by atoms with Crippen molar-refractivity contribution in [1.82, 2.24) is 5.32 Å². The molecule has 0 aromatic heterocycles. The summed E-state index contributed by atoms with van der Waals surface area (Å²) >= 11 is 0. The van der Waals surface area contributed by atoms with E-state index in [0.717, 1.165) is 25.0 Å². The van der Waals surface area contributed by atoms with Crippen molar-refractivity contribution in [2.45, 2.75) is 31.7 Å². The van der Waals surface area contributed by atoms with Gasteiger partial charge in [-0.3, -0.25) is 4.79 Å². The number of aliphatic hydroxyl groups is 1. The van der Waals surface area contributed by atoms with E-state index in [4.69, 9.17) is 4.74 Å². The maximum atomic E-state index is 12.1. The van der Waals surface area contributed by atoms with Crippen molar-refractivity contribution in [3.8, 4) is 5.75 Å². The molecular formula is C16H20F3NO4.